The molecule has 2 aromatic rings. The summed E-state index contributed by atoms with van der Waals surface area (Å²) >= 11 is 0. The van der Waals surface area contributed by atoms with E-state index in [0.29, 0.717) is 5.88 Å². The first-order chi connectivity index (χ1) is 9.19. The maximum Gasteiger partial charge on any atom is 0.219 e. The van der Waals surface area contributed by atoms with Gasteiger partial charge in [0.25, 0.3) is 0 Å². The second-order valence-electron chi connectivity index (χ2n) is 4.71. The molecule has 2 N–H and O–H groups in total. The van der Waals surface area contributed by atoms with Crippen molar-refractivity contribution < 1.29 is 4.74 Å². The van der Waals surface area contributed by atoms with Gasteiger partial charge in [-0.05, 0) is 36.6 Å². The van der Waals surface area contributed by atoms with Gasteiger partial charge in [-0.3, -0.25) is 0 Å². The van der Waals surface area contributed by atoms with Crippen molar-refractivity contribution in [1.29, 1.82) is 0 Å². The molecule has 3 heteroatoms. The molecule has 0 saturated carbocycles. The van der Waals surface area contributed by atoms with Gasteiger partial charge in [-0.1, -0.05) is 31.5 Å². The van der Waals surface area contributed by atoms with Crippen LogP contribution in [-0.4, -0.2) is 4.98 Å². The lowest BCUT2D eigenvalue weighted by Gasteiger charge is -2.08. The topological polar surface area (TPSA) is 48.1 Å². The molecule has 1 heterocycles. The summed E-state index contributed by atoms with van der Waals surface area (Å²) in [6.45, 7) is 4.11. The number of nitrogens with zero attached hydrogens (tertiary/aromatic N) is 1. The Morgan fingerprint density at radius 2 is 1.89 bits per heavy atom. The minimum Gasteiger partial charge on any atom is -0.439 e. The van der Waals surface area contributed by atoms with E-state index in [-0.39, 0.29) is 6.04 Å². The van der Waals surface area contributed by atoms with Crippen LogP contribution in [-0.2, 0) is 6.42 Å². The Balaban J connectivity index is 2.04. The second-order valence-corrected chi connectivity index (χ2v) is 4.71. The van der Waals surface area contributed by atoms with Crippen LogP contribution in [0.3, 0.4) is 0 Å². The number of hydrogen-bond donors (Lipinski definition) is 1. The molecule has 0 fully saturated rings. The zero-order valence-corrected chi connectivity index (χ0v) is 11.5. The lowest BCUT2D eigenvalue weighted by atomic mass is 10.1. The van der Waals surface area contributed by atoms with E-state index in [1.54, 1.807) is 6.20 Å². The molecule has 0 aliphatic carbocycles. The Labute approximate surface area is 114 Å². The molecule has 1 aromatic carbocycles. The Bertz CT molecular complexity index is 503. The highest BCUT2D eigenvalue weighted by Crippen LogP contribution is 2.21. The highest BCUT2D eigenvalue weighted by molar-refractivity contribution is 5.31. The average molecular weight is 256 g/mol. The number of ether oxygens (including phenoxy) is 1. The van der Waals surface area contributed by atoms with Crippen molar-refractivity contribution in [2.45, 2.75) is 32.7 Å². The summed E-state index contributed by atoms with van der Waals surface area (Å²) in [6, 6.07) is 11.9. The zero-order valence-electron chi connectivity index (χ0n) is 11.5. The molecular formula is C16H20N2O. The number of aromatic nitrogens is 1. The molecular weight excluding hydrogens is 236 g/mol. The van der Waals surface area contributed by atoms with Crippen LogP contribution in [0.5, 0.6) is 11.6 Å². The van der Waals surface area contributed by atoms with Gasteiger partial charge in [-0.2, -0.15) is 0 Å². The third-order valence-corrected chi connectivity index (χ3v) is 2.97. The van der Waals surface area contributed by atoms with Crippen molar-refractivity contribution in [3.05, 3.63) is 53.7 Å². The van der Waals surface area contributed by atoms with Crippen LogP contribution < -0.4 is 10.5 Å². The van der Waals surface area contributed by atoms with Crippen LogP contribution in [0.1, 0.15) is 37.4 Å². The summed E-state index contributed by atoms with van der Waals surface area (Å²) < 4.78 is 5.69. The molecule has 0 saturated heterocycles. The van der Waals surface area contributed by atoms with Crippen LogP contribution in [0.25, 0.3) is 0 Å². The third kappa shape index (κ3) is 3.80. The quantitative estimate of drug-likeness (QED) is 0.884. The fourth-order valence-corrected chi connectivity index (χ4v) is 1.86. The van der Waals surface area contributed by atoms with Crippen LogP contribution >= 0.6 is 0 Å². The van der Waals surface area contributed by atoms with E-state index in [1.165, 1.54) is 5.56 Å². The van der Waals surface area contributed by atoms with E-state index < -0.39 is 0 Å². The molecule has 2 rings (SSSR count). The minimum atomic E-state index is -0.00474. The van der Waals surface area contributed by atoms with E-state index in [2.05, 4.69) is 24.0 Å². The van der Waals surface area contributed by atoms with Gasteiger partial charge in [-0.15, -0.1) is 0 Å². The smallest absolute Gasteiger partial charge is 0.219 e. The van der Waals surface area contributed by atoms with Gasteiger partial charge in [0.05, 0.1) is 0 Å². The fourth-order valence-electron chi connectivity index (χ4n) is 1.86. The Morgan fingerprint density at radius 3 is 2.42 bits per heavy atom. The molecule has 1 aromatic heterocycles. The van der Waals surface area contributed by atoms with Gasteiger partial charge in [0.15, 0.2) is 0 Å². The number of hydrogen-bond acceptors (Lipinski definition) is 3. The van der Waals surface area contributed by atoms with E-state index in [1.807, 2.05) is 31.2 Å². The largest absolute Gasteiger partial charge is 0.439 e. The standard InChI is InChI=1S/C16H20N2O/c1-3-4-13-5-8-15(9-6-13)19-16-10-7-14(11-18-16)12(2)17/h5-12H,3-4,17H2,1-2H3. The van der Waals surface area contributed by atoms with E-state index in [0.717, 1.165) is 24.2 Å². The van der Waals surface area contributed by atoms with Gasteiger partial charge >= 0.3 is 0 Å². The van der Waals surface area contributed by atoms with Crippen LogP contribution in [0, 0.1) is 0 Å². The second kappa shape index (κ2) is 6.34. The number of pyridine rings is 1. The lowest BCUT2D eigenvalue weighted by Crippen LogP contribution is -2.05. The molecule has 1 atom stereocenters. The Hall–Kier alpha value is -1.87. The molecule has 1 unspecified atom stereocenters. The highest BCUT2D eigenvalue weighted by Gasteiger charge is 2.02. The molecule has 0 bridgehead atoms. The fraction of sp³-hybridized carbons (Fsp3) is 0.312. The summed E-state index contributed by atoms with van der Waals surface area (Å²) in [5.74, 6) is 1.40. The van der Waals surface area contributed by atoms with Crippen molar-refractivity contribution in [3.8, 4) is 11.6 Å². The maximum atomic E-state index is 5.78. The molecule has 0 aliphatic rings. The van der Waals surface area contributed by atoms with Gasteiger partial charge in [0, 0.05) is 18.3 Å². The van der Waals surface area contributed by atoms with Gasteiger partial charge < -0.3 is 10.5 Å². The molecule has 0 radical (unpaired) electrons. The summed E-state index contributed by atoms with van der Waals surface area (Å²) in [5, 5.41) is 0. The van der Waals surface area contributed by atoms with Gasteiger partial charge in [0.1, 0.15) is 5.75 Å². The Kier molecular flexibility index (Phi) is 4.53. The average Bonchev–Trinajstić information content (AvgIpc) is 2.42. The third-order valence-electron chi connectivity index (χ3n) is 2.97. The summed E-state index contributed by atoms with van der Waals surface area (Å²) in [7, 11) is 0. The molecule has 3 nitrogen and oxygen atoms in total. The predicted octanol–water partition coefficient (Wildman–Crippen LogP) is 3.85. The first-order valence-corrected chi connectivity index (χ1v) is 6.67. The minimum absolute atomic E-state index is 0.00474. The molecule has 100 valence electrons. The molecule has 0 amide bonds. The van der Waals surface area contributed by atoms with Gasteiger partial charge in [0.2, 0.25) is 5.88 Å². The monoisotopic (exact) mass is 256 g/mol. The maximum absolute atomic E-state index is 5.78. The molecule has 0 spiro atoms. The molecule has 0 aliphatic heterocycles. The van der Waals surface area contributed by atoms with Crippen molar-refractivity contribution in [2.24, 2.45) is 5.73 Å². The number of rotatable bonds is 5. The van der Waals surface area contributed by atoms with E-state index in [4.69, 9.17) is 10.5 Å². The normalized spacial score (nSPS) is 12.2. The summed E-state index contributed by atoms with van der Waals surface area (Å²) in [4.78, 5) is 4.25. The van der Waals surface area contributed by atoms with Crippen LogP contribution in [0.15, 0.2) is 42.6 Å². The first-order valence-electron chi connectivity index (χ1n) is 6.67. The first kappa shape index (κ1) is 13.6. The zero-order chi connectivity index (χ0) is 13.7. The lowest BCUT2D eigenvalue weighted by molar-refractivity contribution is 0.462. The van der Waals surface area contributed by atoms with Crippen molar-refractivity contribution in [3.63, 3.8) is 0 Å². The predicted molar refractivity (Wildman–Crippen MR) is 77.4 cm³/mol. The molecule has 19 heavy (non-hydrogen) atoms. The van der Waals surface area contributed by atoms with Crippen molar-refractivity contribution >= 4 is 0 Å². The Morgan fingerprint density at radius 1 is 1.16 bits per heavy atom. The number of nitrogens with two attached hydrogens (primary N) is 1. The van der Waals surface area contributed by atoms with Crippen molar-refractivity contribution in [2.75, 3.05) is 0 Å². The number of aryl methyl sites for hydroxylation is 1. The summed E-state index contributed by atoms with van der Waals surface area (Å²) in [5.41, 5.74) is 8.11. The van der Waals surface area contributed by atoms with E-state index >= 15 is 0 Å². The van der Waals surface area contributed by atoms with Gasteiger partial charge in [-0.25, -0.2) is 4.98 Å². The van der Waals surface area contributed by atoms with Crippen LogP contribution in [0.2, 0.25) is 0 Å². The van der Waals surface area contributed by atoms with Crippen LogP contribution in [0.4, 0.5) is 0 Å². The SMILES string of the molecule is CCCc1ccc(Oc2ccc(C(C)N)cn2)cc1. The number of benzene rings is 1. The van der Waals surface area contributed by atoms with E-state index in [9.17, 15) is 0 Å². The highest BCUT2D eigenvalue weighted by atomic mass is 16.5. The van der Waals surface area contributed by atoms with Crippen molar-refractivity contribution in [1.82, 2.24) is 4.98 Å². The summed E-state index contributed by atoms with van der Waals surface area (Å²) in [6.07, 6.45) is 4.01.